The Morgan fingerprint density at radius 1 is 0.842 bits per heavy atom. The summed E-state index contributed by atoms with van der Waals surface area (Å²) in [5.74, 6) is 1.21. The molecule has 8 heteroatoms. The van der Waals surface area contributed by atoms with E-state index in [-0.39, 0.29) is 35.1 Å². The molecule has 0 saturated carbocycles. The van der Waals surface area contributed by atoms with Crippen molar-refractivity contribution in [1.29, 1.82) is 0 Å². The monoisotopic (exact) mass is 785 g/mol. The highest BCUT2D eigenvalue weighted by Crippen LogP contribution is 2.49. The van der Waals surface area contributed by atoms with Crippen molar-refractivity contribution in [3.05, 3.63) is 171 Å². The zero-order chi connectivity index (χ0) is 39.8. The van der Waals surface area contributed by atoms with Crippen LogP contribution in [0.2, 0.25) is 0 Å². The molecule has 0 radical (unpaired) electrons. The Hall–Kier alpha value is -5.76. The van der Waals surface area contributed by atoms with Crippen LogP contribution in [0, 0.1) is 0 Å². The van der Waals surface area contributed by atoms with E-state index in [9.17, 15) is 15.0 Å². The molecular formula is C49H52ClNO6. The van der Waals surface area contributed by atoms with E-state index in [1.165, 1.54) is 35.9 Å². The molecule has 1 unspecified atom stereocenters. The number of nitrogens with one attached hydrogen (secondary N) is 1. The van der Waals surface area contributed by atoms with E-state index in [1.54, 1.807) is 12.1 Å². The van der Waals surface area contributed by atoms with Gasteiger partial charge in [-0.05, 0) is 101 Å². The summed E-state index contributed by atoms with van der Waals surface area (Å²) in [5.41, 5.74) is 5.97. The largest absolute Gasteiger partial charge is 0.508 e. The van der Waals surface area contributed by atoms with Gasteiger partial charge in [-0.3, -0.25) is 0 Å². The second-order valence-corrected chi connectivity index (χ2v) is 14.9. The first kappa shape index (κ1) is 42.4. The topological polar surface area (TPSA) is 101 Å². The van der Waals surface area contributed by atoms with Crippen molar-refractivity contribution in [1.82, 2.24) is 5.32 Å². The van der Waals surface area contributed by atoms with Gasteiger partial charge < -0.3 is 29.4 Å². The predicted molar refractivity (Wildman–Crippen MR) is 234 cm³/mol. The van der Waals surface area contributed by atoms with Gasteiger partial charge in [0, 0.05) is 17.5 Å². The Morgan fingerprint density at radius 3 is 1.95 bits per heavy atom. The van der Waals surface area contributed by atoms with Gasteiger partial charge in [0.25, 0.3) is 0 Å². The van der Waals surface area contributed by atoms with Gasteiger partial charge in [0.05, 0.1) is 12.7 Å². The fourth-order valence-electron chi connectivity index (χ4n) is 7.09. The lowest BCUT2D eigenvalue weighted by Crippen LogP contribution is -2.28. The molecule has 1 aliphatic heterocycles. The smallest absolute Gasteiger partial charge is 0.348 e. The van der Waals surface area contributed by atoms with Gasteiger partial charge in [0.15, 0.2) is 5.58 Å². The molecular weight excluding hydrogens is 734 g/mol. The van der Waals surface area contributed by atoms with Crippen molar-refractivity contribution >= 4 is 29.5 Å². The molecule has 0 fully saturated rings. The molecule has 1 atom stereocenters. The Morgan fingerprint density at radius 2 is 1.40 bits per heavy atom. The lowest BCUT2D eigenvalue weighted by atomic mass is 9.88. The third-order valence-corrected chi connectivity index (χ3v) is 10.0. The van der Waals surface area contributed by atoms with Crippen LogP contribution in [-0.2, 0) is 6.42 Å². The third-order valence-electron chi connectivity index (χ3n) is 10.0. The fourth-order valence-corrected chi connectivity index (χ4v) is 7.09. The van der Waals surface area contributed by atoms with Gasteiger partial charge >= 0.3 is 5.63 Å². The van der Waals surface area contributed by atoms with Gasteiger partial charge in [-0.15, -0.1) is 12.4 Å². The van der Waals surface area contributed by atoms with E-state index in [0.717, 1.165) is 24.1 Å². The standard InChI is InChI=1S/C26H26O6.C23H25N.ClH/c1-14(2)6-11-17-22-18(12-13-26(3,4)32-22)24-20(23(17)30-5)21(28)19(25(29)31-24)15-7-9-16(27)10-8-15;1-19(20-11-5-2-6-12-20)24-18-17-23(21-13-7-3-8-14-21)22-15-9-4-10-16-22;/h6-10,12-13,27-28H,11H2,1-5H3;2-16,19,23-24H,17-18H2,1H3;1H. The summed E-state index contributed by atoms with van der Waals surface area (Å²) in [6.45, 7) is 11.1. The summed E-state index contributed by atoms with van der Waals surface area (Å²) >= 11 is 0. The van der Waals surface area contributed by atoms with E-state index in [2.05, 4.69) is 109 Å². The van der Waals surface area contributed by atoms with Gasteiger partial charge in [-0.25, -0.2) is 4.79 Å². The number of halogens is 1. The van der Waals surface area contributed by atoms with E-state index < -0.39 is 11.2 Å². The fraction of sp³-hybridized carbons (Fsp3) is 0.245. The number of ether oxygens (including phenoxy) is 2. The number of hydrogen-bond donors (Lipinski definition) is 3. The SMILES string of the molecule is CC(NCCC(c1ccccc1)c1ccccc1)c1ccccc1.COc1c(CC=C(C)C)c2c(c3oc(=O)c(-c4ccc(O)cc4)c(O)c13)C=CC(C)(C)O2.Cl. The van der Waals surface area contributed by atoms with Crippen LogP contribution >= 0.6 is 12.4 Å². The predicted octanol–water partition coefficient (Wildman–Crippen LogP) is 11.6. The normalized spacial score (nSPS) is 13.0. The van der Waals surface area contributed by atoms with E-state index in [0.29, 0.717) is 46.4 Å². The molecule has 7 rings (SSSR count). The molecule has 0 bridgehead atoms. The Balaban J connectivity index is 0.000000222. The molecule has 3 N–H and O–H groups in total. The molecule has 1 aromatic heterocycles. The maximum Gasteiger partial charge on any atom is 0.348 e. The average molecular weight is 786 g/mol. The van der Waals surface area contributed by atoms with Gasteiger partial charge in [-0.1, -0.05) is 115 Å². The first-order chi connectivity index (χ1) is 27.0. The molecule has 0 saturated heterocycles. The van der Waals surface area contributed by atoms with Crippen LogP contribution in [0.15, 0.2) is 142 Å². The van der Waals surface area contributed by atoms with Crippen molar-refractivity contribution in [3.63, 3.8) is 0 Å². The van der Waals surface area contributed by atoms with Crippen LogP contribution in [0.4, 0.5) is 0 Å². The van der Waals surface area contributed by atoms with Crippen LogP contribution in [0.1, 0.15) is 80.8 Å². The number of benzene rings is 5. The summed E-state index contributed by atoms with van der Waals surface area (Å²) in [7, 11) is 1.52. The van der Waals surface area contributed by atoms with Gasteiger partial charge in [0.1, 0.15) is 39.5 Å². The maximum absolute atomic E-state index is 12.9. The molecule has 0 amide bonds. The number of hydrogen-bond acceptors (Lipinski definition) is 7. The van der Waals surface area contributed by atoms with E-state index in [4.69, 9.17) is 13.9 Å². The lowest BCUT2D eigenvalue weighted by Gasteiger charge is -2.31. The molecule has 6 aromatic rings. The van der Waals surface area contributed by atoms with Crippen LogP contribution in [-0.4, -0.2) is 29.5 Å². The third kappa shape index (κ3) is 9.98. The summed E-state index contributed by atoms with van der Waals surface area (Å²) in [5, 5.41) is 24.9. The molecule has 0 aliphatic carbocycles. The summed E-state index contributed by atoms with van der Waals surface area (Å²) in [6.07, 6.45) is 7.40. The number of allylic oxidation sites excluding steroid dienone is 2. The zero-order valence-electron chi connectivity index (χ0n) is 33.4. The molecule has 0 spiro atoms. The van der Waals surface area contributed by atoms with E-state index >= 15 is 0 Å². The van der Waals surface area contributed by atoms with Crippen molar-refractivity contribution in [2.75, 3.05) is 13.7 Å². The first-order valence-corrected chi connectivity index (χ1v) is 19.1. The summed E-state index contributed by atoms with van der Waals surface area (Å²) in [4.78, 5) is 12.9. The number of aromatic hydroxyl groups is 2. The Bertz CT molecular complexity index is 2330. The van der Waals surface area contributed by atoms with Crippen LogP contribution in [0.3, 0.4) is 0 Å². The summed E-state index contributed by atoms with van der Waals surface area (Å²) < 4.78 is 17.8. The van der Waals surface area contributed by atoms with Crippen LogP contribution in [0.5, 0.6) is 23.0 Å². The summed E-state index contributed by atoms with van der Waals surface area (Å²) in [6, 6.07) is 38.6. The van der Waals surface area contributed by atoms with Crippen molar-refractivity contribution in [2.24, 2.45) is 0 Å². The molecule has 296 valence electrons. The molecule has 2 heterocycles. The number of fused-ring (bicyclic) bond motifs is 3. The minimum atomic E-state index is -0.694. The average Bonchev–Trinajstić information content (AvgIpc) is 3.20. The number of rotatable bonds is 11. The minimum Gasteiger partial charge on any atom is -0.508 e. The Kier molecular flexibility index (Phi) is 14.1. The molecule has 5 aromatic carbocycles. The van der Waals surface area contributed by atoms with Crippen LogP contribution < -0.4 is 20.4 Å². The second kappa shape index (κ2) is 18.9. The minimum absolute atomic E-state index is 0. The highest BCUT2D eigenvalue weighted by molar-refractivity contribution is 6.02. The molecule has 57 heavy (non-hydrogen) atoms. The van der Waals surface area contributed by atoms with E-state index in [1.807, 2.05) is 39.8 Å². The van der Waals surface area contributed by atoms with Gasteiger partial charge in [0.2, 0.25) is 0 Å². The second-order valence-electron chi connectivity index (χ2n) is 14.9. The lowest BCUT2D eigenvalue weighted by molar-refractivity contribution is 0.157. The van der Waals surface area contributed by atoms with Crippen molar-refractivity contribution in [3.8, 4) is 34.1 Å². The molecule has 1 aliphatic rings. The number of phenols is 1. The number of phenolic OH excluding ortho intramolecular Hbond substituents is 1. The van der Waals surface area contributed by atoms with Crippen LogP contribution in [0.25, 0.3) is 28.2 Å². The highest BCUT2D eigenvalue weighted by Gasteiger charge is 2.32. The van der Waals surface area contributed by atoms with Gasteiger partial charge in [-0.2, -0.15) is 0 Å². The quantitative estimate of drug-likeness (QED) is 0.0888. The number of methoxy groups -OCH3 is 1. The zero-order valence-corrected chi connectivity index (χ0v) is 34.2. The molecule has 7 nitrogen and oxygen atoms in total. The first-order valence-electron chi connectivity index (χ1n) is 19.1. The Labute approximate surface area is 341 Å². The maximum atomic E-state index is 12.9. The van der Waals surface area contributed by atoms with Crippen molar-refractivity contribution < 1.29 is 24.1 Å². The van der Waals surface area contributed by atoms with Crippen molar-refractivity contribution in [2.45, 2.75) is 65.0 Å². The highest BCUT2D eigenvalue weighted by atomic mass is 35.5.